The first-order valence-electron chi connectivity index (χ1n) is 4.43. The first-order chi connectivity index (χ1) is 6.52. The van der Waals surface area contributed by atoms with E-state index in [2.05, 4.69) is 6.07 Å². The standard InChI is InChI=1S/C11H10ClNO/c1-11(2)5-7-3-9(12)4-8(6-13)10(7)14-11/h3-4H,5H2,1-2H3. The van der Waals surface area contributed by atoms with Gasteiger partial charge in [0.2, 0.25) is 0 Å². The fourth-order valence-corrected chi connectivity index (χ4v) is 2.00. The van der Waals surface area contributed by atoms with Crippen LogP contribution < -0.4 is 4.74 Å². The summed E-state index contributed by atoms with van der Waals surface area (Å²) in [6.45, 7) is 4.00. The van der Waals surface area contributed by atoms with Crippen molar-refractivity contribution >= 4 is 11.6 Å². The molecule has 0 aliphatic carbocycles. The van der Waals surface area contributed by atoms with Crippen molar-refractivity contribution in [2.75, 3.05) is 0 Å². The molecule has 0 bridgehead atoms. The van der Waals surface area contributed by atoms with Gasteiger partial charge in [0.25, 0.3) is 0 Å². The average Bonchev–Trinajstić information content (AvgIpc) is 2.37. The maximum Gasteiger partial charge on any atom is 0.141 e. The van der Waals surface area contributed by atoms with Crippen molar-refractivity contribution in [1.82, 2.24) is 0 Å². The molecule has 14 heavy (non-hydrogen) atoms. The molecule has 3 heteroatoms. The third-order valence-electron chi connectivity index (χ3n) is 2.25. The Labute approximate surface area is 88.1 Å². The molecule has 2 nitrogen and oxygen atoms in total. The Kier molecular flexibility index (Phi) is 1.94. The van der Waals surface area contributed by atoms with E-state index in [9.17, 15) is 0 Å². The lowest BCUT2D eigenvalue weighted by Crippen LogP contribution is -2.24. The summed E-state index contributed by atoms with van der Waals surface area (Å²) in [5.74, 6) is 0.696. The first kappa shape index (κ1) is 9.36. The Morgan fingerprint density at radius 1 is 1.50 bits per heavy atom. The lowest BCUT2D eigenvalue weighted by Gasteiger charge is -2.17. The molecule has 1 aliphatic heterocycles. The van der Waals surface area contributed by atoms with Gasteiger partial charge in [-0.15, -0.1) is 0 Å². The van der Waals surface area contributed by atoms with Crippen LogP contribution in [0.1, 0.15) is 25.0 Å². The molecule has 1 aliphatic rings. The van der Waals surface area contributed by atoms with Gasteiger partial charge >= 0.3 is 0 Å². The molecule has 1 aromatic rings. The van der Waals surface area contributed by atoms with Gasteiger partial charge in [0, 0.05) is 17.0 Å². The first-order valence-corrected chi connectivity index (χ1v) is 4.81. The van der Waals surface area contributed by atoms with Crippen LogP contribution in [0.5, 0.6) is 5.75 Å². The molecule has 0 N–H and O–H groups in total. The lowest BCUT2D eigenvalue weighted by atomic mass is 10.0. The summed E-state index contributed by atoms with van der Waals surface area (Å²) in [7, 11) is 0. The Balaban J connectivity index is 2.58. The summed E-state index contributed by atoms with van der Waals surface area (Å²) in [5.41, 5.74) is 1.33. The number of ether oxygens (including phenoxy) is 1. The van der Waals surface area contributed by atoms with Crippen molar-refractivity contribution in [1.29, 1.82) is 5.26 Å². The van der Waals surface area contributed by atoms with Crippen molar-refractivity contribution < 1.29 is 4.74 Å². The number of halogens is 1. The van der Waals surface area contributed by atoms with Gasteiger partial charge < -0.3 is 4.74 Å². The number of nitriles is 1. The van der Waals surface area contributed by atoms with Crippen LogP contribution in [0.4, 0.5) is 0 Å². The van der Waals surface area contributed by atoms with E-state index < -0.39 is 0 Å². The number of hydrogen-bond donors (Lipinski definition) is 0. The lowest BCUT2D eigenvalue weighted by molar-refractivity contribution is 0.138. The second kappa shape index (κ2) is 2.90. The van der Waals surface area contributed by atoms with Crippen molar-refractivity contribution in [3.8, 4) is 11.8 Å². The van der Waals surface area contributed by atoms with Crippen LogP contribution in [-0.2, 0) is 6.42 Å². The maximum absolute atomic E-state index is 8.91. The monoisotopic (exact) mass is 207 g/mol. The smallest absolute Gasteiger partial charge is 0.141 e. The number of benzene rings is 1. The Morgan fingerprint density at radius 2 is 2.21 bits per heavy atom. The van der Waals surface area contributed by atoms with Crippen molar-refractivity contribution in [3.63, 3.8) is 0 Å². The van der Waals surface area contributed by atoms with Crippen LogP contribution in [0.15, 0.2) is 12.1 Å². The quantitative estimate of drug-likeness (QED) is 0.655. The third kappa shape index (κ3) is 1.44. The zero-order valence-electron chi connectivity index (χ0n) is 8.10. The minimum atomic E-state index is -0.224. The summed E-state index contributed by atoms with van der Waals surface area (Å²) in [6.07, 6.45) is 0.803. The van der Waals surface area contributed by atoms with Gasteiger partial charge in [-0.25, -0.2) is 0 Å². The maximum atomic E-state index is 8.91. The fourth-order valence-electron chi connectivity index (χ4n) is 1.76. The van der Waals surface area contributed by atoms with Gasteiger partial charge in [0.1, 0.15) is 17.4 Å². The molecule has 0 saturated carbocycles. The van der Waals surface area contributed by atoms with Crippen LogP contribution in [0.3, 0.4) is 0 Å². The van der Waals surface area contributed by atoms with Crippen molar-refractivity contribution in [2.45, 2.75) is 25.9 Å². The zero-order valence-corrected chi connectivity index (χ0v) is 8.85. The highest BCUT2D eigenvalue weighted by molar-refractivity contribution is 6.30. The highest BCUT2D eigenvalue weighted by atomic mass is 35.5. The summed E-state index contributed by atoms with van der Waals surface area (Å²) in [6, 6.07) is 5.60. The van der Waals surface area contributed by atoms with Crippen molar-refractivity contribution in [2.24, 2.45) is 0 Å². The number of hydrogen-bond acceptors (Lipinski definition) is 2. The van der Waals surface area contributed by atoms with E-state index in [-0.39, 0.29) is 5.60 Å². The van der Waals surface area contributed by atoms with Crippen LogP contribution in [0.2, 0.25) is 5.02 Å². The van der Waals surface area contributed by atoms with Gasteiger partial charge in [-0.2, -0.15) is 5.26 Å². The van der Waals surface area contributed by atoms with Crippen LogP contribution in [0.25, 0.3) is 0 Å². The minimum Gasteiger partial charge on any atom is -0.486 e. The predicted octanol–water partition coefficient (Wildman–Crippen LogP) is 2.93. The second-order valence-electron chi connectivity index (χ2n) is 4.09. The zero-order chi connectivity index (χ0) is 10.3. The van der Waals surface area contributed by atoms with Crippen LogP contribution >= 0.6 is 11.6 Å². The number of nitrogens with zero attached hydrogens (tertiary/aromatic N) is 1. The number of fused-ring (bicyclic) bond motifs is 1. The molecule has 0 spiro atoms. The third-order valence-corrected chi connectivity index (χ3v) is 2.46. The molecule has 1 aromatic carbocycles. The molecule has 0 unspecified atom stereocenters. The summed E-state index contributed by atoms with van der Waals surface area (Å²) >= 11 is 5.89. The predicted molar refractivity (Wildman–Crippen MR) is 54.6 cm³/mol. The molecule has 0 amide bonds. The molecule has 0 radical (unpaired) electrons. The van der Waals surface area contributed by atoms with E-state index in [0.29, 0.717) is 16.3 Å². The molecule has 0 saturated heterocycles. The largest absolute Gasteiger partial charge is 0.486 e. The fraction of sp³-hybridized carbons (Fsp3) is 0.364. The Hall–Kier alpha value is -1.20. The molecular formula is C11H10ClNO. The molecule has 0 atom stereocenters. The van der Waals surface area contributed by atoms with Gasteiger partial charge in [0.15, 0.2) is 0 Å². The molecule has 2 rings (SSSR count). The van der Waals surface area contributed by atoms with Gasteiger partial charge in [-0.1, -0.05) is 11.6 Å². The van der Waals surface area contributed by atoms with Crippen LogP contribution in [-0.4, -0.2) is 5.60 Å². The van der Waals surface area contributed by atoms with E-state index in [4.69, 9.17) is 21.6 Å². The number of rotatable bonds is 0. The van der Waals surface area contributed by atoms with E-state index >= 15 is 0 Å². The molecular weight excluding hydrogens is 198 g/mol. The topological polar surface area (TPSA) is 33.0 Å². The second-order valence-corrected chi connectivity index (χ2v) is 4.53. The minimum absolute atomic E-state index is 0.224. The molecule has 0 fully saturated rings. The van der Waals surface area contributed by atoms with Gasteiger partial charge in [0.05, 0.1) is 5.56 Å². The van der Waals surface area contributed by atoms with E-state index in [0.717, 1.165) is 12.0 Å². The average molecular weight is 208 g/mol. The molecule has 72 valence electrons. The van der Waals surface area contributed by atoms with E-state index in [1.807, 2.05) is 19.9 Å². The summed E-state index contributed by atoms with van der Waals surface area (Å²) < 4.78 is 5.69. The van der Waals surface area contributed by atoms with Crippen LogP contribution in [0, 0.1) is 11.3 Å². The van der Waals surface area contributed by atoms with E-state index in [1.54, 1.807) is 6.07 Å². The molecule has 1 heterocycles. The summed E-state index contributed by atoms with van der Waals surface area (Å²) in [5, 5.41) is 9.51. The van der Waals surface area contributed by atoms with Gasteiger partial charge in [-0.3, -0.25) is 0 Å². The van der Waals surface area contributed by atoms with Crippen molar-refractivity contribution in [3.05, 3.63) is 28.3 Å². The highest BCUT2D eigenvalue weighted by Gasteiger charge is 2.32. The highest BCUT2D eigenvalue weighted by Crippen LogP contribution is 2.39. The Bertz CT molecular complexity index is 432. The van der Waals surface area contributed by atoms with E-state index in [1.165, 1.54) is 0 Å². The normalized spacial score (nSPS) is 17.0. The Morgan fingerprint density at radius 3 is 2.86 bits per heavy atom. The molecule has 0 aromatic heterocycles. The van der Waals surface area contributed by atoms with Gasteiger partial charge in [-0.05, 0) is 26.0 Å². The summed E-state index contributed by atoms with van der Waals surface area (Å²) in [4.78, 5) is 0. The SMILES string of the molecule is CC1(C)Cc2cc(Cl)cc(C#N)c2O1.